The van der Waals surface area contributed by atoms with Gasteiger partial charge in [0.15, 0.2) is 0 Å². The number of aromatic nitrogens is 2. The van der Waals surface area contributed by atoms with E-state index in [1.807, 2.05) is 0 Å². The molecule has 1 heterocycles. The van der Waals surface area contributed by atoms with Crippen molar-refractivity contribution in [1.82, 2.24) is 10.2 Å². The number of benzene rings is 2. The van der Waals surface area contributed by atoms with Crippen molar-refractivity contribution in [3.63, 3.8) is 0 Å². The Morgan fingerprint density at radius 2 is 1.88 bits per heavy atom. The average Bonchev–Trinajstić information content (AvgIpc) is 3.05. The maximum atomic E-state index is 13.0. The molecule has 0 aliphatic rings. The molecule has 0 fully saturated rings. The van der Waals surface area contributed by atoms with Gasteiger partial charge in [0.25, 0.3) is 5.22 Å². The highest BCUT2D eigenvalue weighted by Gasteiger charge is 2.16. The molecule has 8 heteroatoms. The molecule has 2 aromatic carbocycles. The second kappa shape index (κ2) is 7.50. The van der Waals surface area contributed by atoms with Gasteiger partial charge in [-0.25, -0.2) is 9.18 Å². The van der Waals surface area contributed by atoms with Gasteiger partial charge in [0, 0.05) is 10.6 Å². The van der Waals surface area contributed by atoms with Crippen LogP contribution in [0.25, 0.3) is 17.5 Å². The predicted octanol–water partition coefficient (Wildman–Crippen LogP) is 4.75. The van der Waals surface area contributed by atoms with Crippen molar-refractivity contribution < 1.29 is 18.7 Å². The first-order chi connectivity index (χ1) is 12.0. The SMILES string of the molecule is O=C(O)/C(=C\c1ccccc1Cl)Sc1nnc(-c2ccc(F)cc2)o1. The van der Waals surface area contributed by atoms with Gasteiger partial charge in [-0.2, -0.15) is 0 Å². The zero-order valence-corrected chi connectivity index (χ0v) is 14.1. The molecule has 0 bridgehead atoms. The molecule has 25 heavy (non-hydrogen) atoms. The fraction of sp³-hybridized carbons (Fsp3) is 0. The molecular formula is C17H10ClFN2O3S. The second-order valence-corrected chi connectivity index (χ2v) is 6.22. The predicted molar refractivity (Wildman–Crippen MR) is 92.6 cm³/mol. The summed E-state index contributed by atoms with van der Waals surface area (Å²) in [4.78, 5) is 11.4. The van der Waals surface area contributed by atoms with Crippen LogP contribution in [-0.4, -0.2) is 21.3 Å². The fourth-order valence-corrected chi connectivity index (χ4v) is 2.78. The Morgan fingerprint density at radius 3 is 2.56 bits per heavy atom. The summed E-state index contributed by atoms with van der Waals surface area (Å²) in [5, 5.41) is 17.5. The lowest BCUT2D eigenvalue weighted by Crippen LogP contribution is -1.97. The topological polar surface area (TPSA) is 76.2 Å². The molecule has 1 N–H and O–H groups in total. The molecule has 0 atom stereocenters. The van der Waals surface area contributed by atoms with E-state index in [4.69, 9.17) is 16.0 Å². The third kappa shape index (κ3) is 4.26. The van der Waals surface area contributed by atoms with Gasteiger partial charge in [-0.15, -0.1) is 10.2 Å². The van der Waals surface area contributed by atoms with E-state index in [1.165, 1.54) is 30.3 Å². The van der Waals surface area contributed by atoms with E-state index in [0.29, 0.717) is 16.1 Å². The monoisotopic (exact) mass is 376 g/mol. The van der Waals surface area contributed by atoms with Crippen LogP contribution in [0.3, 0.4) is 0 Å². The first kappa shape index (κ1) is 17.2. The summed E-state index contributed by atoms with van der Waals surface area (Å²) in [6.07, 6.45) is 1.43. The van der Waals surface area contributed by atoms with E-state index < -0.39 is 5.97 Å². The molecule has 0 aliphatic carbocycles. The van der Waals surface area contributed by atoms with Gasteiger partial charge in [0.1, 0.15) is 10.7 Å². The van der Waals surface area contributed by atoms with Crippen molar-refractivity contribution in [2.45, 2.75) is 5.22 Å². The van der Waals surface area contributed by atoms with Crippen molar-refractivity contribution in [3.8, 4) is 11.5 Å². The largest absolute Gasteiger partial charge is 0.477 e. The molecule has 0 saturated carbocycles. The summed E-state index contributed by atoms with van der Waals surface area (Å²) in [5.41, 5.74) is 1.10. The van der Waals surface area contributed by atoms with Gasteiger partial charge >= 0.3 is 5.97 Å². The molecule has 0 amide bonds. The fourth-order valence-electron chi connectivity index (χ4n) is 1.92. The normalized spacial score (nSPS) is 11.5. The van der Waals surface area contributed by atoms with Crippen molar-refractivity contribution >= 4 is 35.4 Å². The smallest absolute Gasteiger partial charge is 0.342 e. The maximum Gasteiger partial charge on any atom is 0.342 e. The summed E-state index contributed by atoms with van der Waals surface area (Å²) in [7, 11) is 0. The number of halogens is 2. The van der Waals surface area contributed by atoms with Gasteiger partial charge < -0.3 is 9.52 Å². The minimum absolute atomic E-state index is 0.0255. The Labute approximate surface area is 151 Å². The Balaban J connectivity index is 1.85. The van der Waals surface area contributed by atoms with E-state index >= 15 is 0 Å². The van der Waals surface area contributed by atoms with Crippen LogP contribution in [0.5, 0.6) is 0 Å². The van der Waals surface area contributed by atoms with E-state index in [-0.39, 0.29) is 21.8 Å². The number of hydrogen-bond donors (Lipinski definition) is 1. The molecule has 0 radical (unpaired) electrons. The van der Waals surface area contributed by atoms with E-state index in [1.54, 1.807) is 24.3 Å². The lowest BCUT2D eigenvalue weighted by molar-refractivity contribution is -0.131. The molecule has 0 saturated heterocycles. The zero-order valence-electron chi connectivity index (χ0n) is 12.5. The molecule has 3 aromatic rings. The quantitative estimate of drug-likeness (QED) is 0.511. The second-order valence-electron chi connectivity index (χ2n) is 4.82. The lowest BCUT2D eigenvalue weighted by Gasteiger charge is -2.01. The van der Waals surface area contributed by atoms with E-state index in [2.05, 4.69) is 10.2 Å². The number of rotatable bonds is 5. The minimum atomic E-state index is -1.15. The van der Waals surface area contributed by atoms with E-state index in [9.17, 15) is 14.3 Å². The van der Waals surface area contributed by atoms with Crippen LogP contribution in [-0.2, 0) is 4.79 Å². The number of thioether (sulfide) groups is 1. The first-order valence-corrected chi connectivity index (χ1v) is 8.19. The molecule has 5 nitrogen and oxygen atoms in total. The van der Waals surface area contributed by atoms with Crippen LogP contribution < -0.4 is 0 Å². The number of carboxylic acid groups (broad SMARTS) is 1. The maximum absolute atomic E-state index is 13.0. The number of nitrogens with zero attached hydrogens (tertiary/aromatic N) is 2. The van der Waals surface area contributed by atoms with Crippen molar-refractivity contribution in [2.24, 2.45) is 0 Å². The summed E-state index contributed by atoms with van der Waals surface area (Å²) in [6, 6.07) is 12.4. The van der Waals surface area contributed by atoms with Crippen LogP contribution in [0.1, 0.15) is 5.56 Å². The lowest BCUT2D eigenvalue weighted by atomic mass is 10.2. The van der Waals surface area contributed by atoms with Gasteiger partial charge in [-0.05, 0) is 53.7 Å². The van der Waals surface area contributed by atoms with Crippen molar-refractivity contribution in [1.29, 1.82) is 0 Å². The number of aliphatic carboxylic acids is 1. The van der Waals surface area contributed by atoms with Crippen LogP contribution in [0.2, 0.25) is 5.02 Å². The third-order valence-corrected chi connectivity index (χ3v) is 4.29. The first-order valence-electron chi connectivity index (χ1n) is 7.00. The Bertz CT molecular complexity index is 941. The van der Waals surface area contributed by atoms with Crippen LogP contribution in [0.4, 0.5) is 4.39 Å². The summed E-state index contributed by atoms with van der Waals surface area (Å²) in [6.45, 7) is 0. The van der Waals surface area contributed by atoms with Gasteiger partial charge in [0.2, 0.25) is 5.89 Å². The standard InChI is InChI=1S/C17H10ClFN2O3S/c18-13-4-2-1-3-11(13)9-14(16(22)23)25-17-21-20-15(24-17)10-5-7-12(19)8-6-10/h1-9H,(H,22,23)/b14-9+. The van der Waals surface area contributed by atoms with Crippen LogP contribution >= 0.6 is 23.4 Å². The molecular weight excluding hydrogens is 367 g/mol. The molecule has 1 aromatic heterocycles. The Morgan fingerprint density at radius 1 is 1.16 bits per heavy atom. The summed E-state index contributed by atoms with van der Waals surface area (Å²) >= 11 is 6.85. The average molecular weight is 377 g/mol. The Kier molecular flexibility index (Phi) is 5.16. The molecule has 0 aliphatic heterocycles. The molecule has 3 rings (SSSR count). The number of carbonyl (C=O) groups is 1. The van der Waals surface area contributed by atoms with Gasteiger partial charge in [-0.3, -0.25) is 0 Å². The minimum Gasteiger partial charge on any atom is -0.477 e. The highest BCUT2D eigenvalue weighted by atomic mass is 35.5. The highest BCUT2D eigenvalue weighted by molar-refractivity contribution is 8.03. The zero-order chi connectivity index (χ0) is 17.8. The summed E-state index contributed by atoms with van der Waals surface area (Å²) < 4.78 is 18.4. The Hall–Kier alpha value is -2.64. The molecule has 0 spiro atoms. The van der Waals surface area contributed by atoms with Crippen LogP contribution in [0.15, 0.2) is 63.1 Å². The molecule has 0 unspecified atom stereocenters. The molecule has 126 valence electrons. The van der Waals surface area contributed by atoms with Crippen molar-refractivity contribution in [2.75, 3.05) is 0 Å². The summed E-state index contributed by atoms with van der Waals surface area (Å²) in [5.74, 6) is -1.36. The number of hydrogen-bond acceptors (Lipinski definition) is 5. The highest BCUT2D eigenvalue weighted by Crippen LogP contribution is 2.31. The van der Waals surface area contributed by atoms with Gasteiger partial charge in [0.05, 0.1) is 0 Å². The third-order valence-electron chi connectivity index (χ3n) is 3.10. The van der Waals surface area contributed by atoms with Crippen LogP contribution in [0, 0.1) is 5.82 Å². The van der Waals surface area contributed by atoms with Gasteiger partial charge in [-0.1, -0.05) is 29.8 Å². The number of carboxylic acids is 1. The van der Waals surface area contributed by atoms with Crippen molar-refractivity contribution in [3.05, 3.63) is 69.8 Å². The van der Waals surface area contributed by atoms with E-state index in [0.717, 1.165) is 11.8 Å².